The maximum absolute atomic E-state index is 5.25. The highest BCUT2D eigenvalue weighted by molar-refractivity contribution is 5.28. The third-order valence-corrected chi connectivity index (χ3v) is 1.60. The van der Waals surface area contributed by atoms with Gasteiger partial charge in [0, 0.05) is 5.22 Å². The lowest BCUT2D eigenvalue weighted by Gasteiger charge is -1.75. The van der Waals surface area contributed by atoms with Gasteiger partial charge >= 0.3 is 0 Å². The van der Waals surface area contributed by atoms with E-state index in [9.17, 15) is 0 Å². The van der Waals surface area contributed by atoms with Crippen LogP contribution in [0.3, 0.4) is 0 Å². The van der Waals surface area contributed by atoms with Gasteiger partial charge in [0.05, 0.1) is 6.26 Å². The van der Waals surface area contributed by atoms with Gasteiger partial charge in [-0.2, -0.15) is 0 Å². The van der Waals surface area contributed by atoms with Crippen LogP contribution in [0.15, 0.2) is 10.7 Å². The van der Waals surface area contributed by atoms with E-state index < -0.39 is 0 Å². The fourth-order valence-electron chi connectivity index (χ4n) is 1.07. The molecule has 0 amide bonds. The Kier molecular flexibility index (Phi) is 1.95. The molecule has 1 heterocycles. The molecule has 10 heavy (non-hydrogen) atoms. The molecule has 0 aromatic carbocycles. The van der Waals surface area contributed by atoms with Crippen molar-refractivity contribution in [1.29, 1.82) is 0 Å². The van der Waals surface area contributed by atoms with Crippen LogP contribution in [0.25, 0.3) is 12.2 Å². The Hall–Kier alpha value is -0.980. The van der Waals surface area contributed by atoms with Crippen LogP contribution in [0, 0.1) is 6.92 Å². The fourth-order valence-corrected chi connectivity index (χ4v) is 1.07. The van der Waals surface area contributed by atoms with Crippen molar-refractivity contribution in [2.45, 2.75) is 20.8 Å². The summed E-state index contributed by atoms with van der Waals surface area (Å²) in [4.78, 5) is 0. The molecule has 0 saturated heterocycles. The van der Waals surface area contributed by atoms with Crippen LogP contribution < -0.4 is 10.6 Å². The Morgan fingerprint density at radius 2 is 2.00 bits per heavy atom. The van der Waals surface area contributed by atoms with E-state index in [1.807, 2.05) is 26.8 Å². The molecular weight excluding hydrogens is 124 g/mol. The standard InChI is InChI=1S/C9H12O/c1-4-8-7(3)6-10-9(8)5-2/h4-6H,1-3H3/b8-4-,9-5+. The molecule has 0 aliphatic carbocycles. The predicted octanol–water partition coefficient (Wildman–Crippen LogP) is 1.19. The topological polar surface area (TPSA) is 13.1 Å². The van der Waals surface area contributed by atoms with Crippen molar-refractivity contribution in [3.63, 3.8) is 0 Å². The lowest BCUT2D eigenvalue weighted by atomic mass is 10.3. The van der Waals surface area contributed by atoms with Crippen LogP contribution in [0.2, 0.25) is 0 Å². The molecule has 54 valence electrons. The second-order valence-electron chi connectivity index (χ2n) is 2.27. The molecule has 0 aliphatic heterocycles. The van der Waals surface area contributed by atoms with Gasteiger partial charge in [-0.1, -0.05) is 6.08 Å². The van der Waals surface area contributed by atoms with Crippen LogP contribution in [-0.4, -0.2) is 0 Å². The molecule has 1 nitrogen and oxygen atoms in total. The average Bonchev–Trinajstić information content (AvgIpc) is 2.30. The summed E-state index contributed by atoms with van der Waals surface area (Å²) >= 11 is 0. The molecule has 1 heteroatoms. The van der Waals surface area contributed by atoms with Crippen molar-refractivity contribution >= 4 is 12.2 Å². The minimum Gasteiger partial charge on any atom is -0.464 e. The average molecular weight is 136 g/mol. The van der Waals surface area contributed by atoms with Gasteiger partial charge in [-0.05, 0) is 32.4 Å². The molecule has 0 bridgehead atoms. The summed E-state index contributed by atoms with van der Waals surface area (Å²) in [6.45, 7) is 6.04. The monoisotopic (exact) mass is 136 g/mol. The number of furan rings is 1. The molecule has 0 fully saturated rings. The van der Waals surface area contributed by atoms with Gasteiger partial charge in [-0.25, -0.2) is 0 Å². The fraction of sp³-hybridized carbons (Fsp3) is 0.333. The van der Waals surface area contributed by atoms with Gasteiger partial charge in [0.15, 0.2) is 0 Å². The van der Waals surface area contributed by atoms with Crippen molar-refractivity contribution in [3.05, 3.63) is 22.5 Å². The zero-order valence-corrected chi connectivity index (χ0v) is 6.64. The van der Waals surface area contributed by atoms with Gasteiger partial charge in [-0.3, -0.25) is 0 Å². The summed E-state index contributed by atoms with van der Waals surface area (Å²) in [6.07, 6.45) is 5.82. The van der Waals surface area contributed by atoms with E-state index in [1.165, 1.54) is 10.8 Å². The van der Waals surface area contributed by atoms with Crippen LogP contribution in [0.1, 0.15) is 19.4 Å². The predicted molar refractivity (Wildman–Crippen MR) is 43.0 cm³/mol. The summed E-state index contributed by atoms with van der Waals surface area (Å²) in [5.74, 6) is 0. The summed E-state index contributed by atoms with van der Waals surface area (Å²) in [6, 6.07) is 0. The van der Waals surface area contributed by atoms with E-state index in [1.54, 1.807) is 6.26 Å². The van der Waals surface area contributed by atoms with Crippen molar-refractivity contribution in [1.82, 2.24) is 0 Å². The Morgan fingerprint density at radius 3 is 2.40 bits per heavy atom. The highest BCUT2D eigenvalue weighted by Gasteiger charge is 1.91. The normalized spacial score (nSPS) is 14.7. The number of hydrogen-bond donors (Lipinski definition) is 0. The van der Waals surface area contributed by atoms with E-state index in [4.69, 9.17) is 4.42 Å². The zero-order chi connectivity index (χ0) is 7.56. The van der Waals surface area contributed by atoms with Crippen molar-refractivity contribution in [2.75, 3.05) is 0 Å². The molecule has 0 unspecified atom stereocenters. The maximum atomic E-state index is 5.25. The minimum atomic E-state index is 0.972. The first kappa shape index (κ1) is 7.13. The van der Waals surface area contributed by atoms with E-state index in [2.05, 4.69) is 6.08 Å². The smallest absolute Gasteiger partial charge is 0.129 e. The molecular formula is C9H12O. The van der Waals surface area contributed by atoms with Crippen LogP contribution in [0.4, 0.5) is 0 Å². The molecule has 1 aromatic heterocycles. The first-order valence-corrected chi connectivity index (χ1v) is 3.46. The van der Waals surface area contributed by atoms with E-state index in [0.717, 1.165) is 5.42 Å². The Labute approximate surface area is 60.7 Å². The number of hydrogen-bond acceptors (Lipinski definition) is 1. The molecule has 0 radical (unpaired) electrons. The van der Waals surface area contributed by atoms with Crippen LogP contribution >= 0.6 is 0 Å². The third-order valence-electron chi connectivity index (χ3n) is 1.60. The van der Waals surface area contributed by atoms with Crippen molar-refractivity contribution in [2.24, 2.45) is 0 Å². The Morgan fingerprint density at radius 1 is 1.30 bits per heavy atom. The molecule has 0 atom stereocenters. The highest BCUT2D eigenvalue weighted by atomic mass is 16.3. The molecule has 0 spiro atoms. The number of rotatable bonds is 0. The molecule has 1 rings (SSSR count). The maximum Gasteiger partial charge on any atom is 0.129 e. The third kappa shape index (κ3) is 0.991. The van der Waals surface area contributed by atoms with Gasteiger partial charge in [0.2, 0.25) is 0 Å². The quantitative estimate of drug-likeness (QED) is 0.522. The lowest BCUT2D eigenvalue weighted by Crippen LogP contribution is -2.20. The highest BCUT2D eigenvalue weighted by Crippen LogP contribution is 1.82. The first-order valence-electron chi connectivity index (χ1n) is 3.46. The Balaban J connectivity index is 3.59. The van der Waals surface area contributed by atoms with Gasteiger partial charge in [0.25, 0.3) is 0 Å². The van der Waals surface area contributed by atoms with E-state index in [-0.39, 0.29) is 0 Å². The van der Waals surface area contributed by atoms with Gasteiger partial charge < -0.3 is 4.42 Å². The van der Waals surface area contributed by atoms with Crippen LogP contribution in [-0.2, 0) is 0 Å². The van der Waals surface area contributed by atoms with Gasteiger partial charge in [0.1, 0.15) is 5.42 Å². The minimum absolute atomic E-state index is 0.972. The first-order chi connectivity index (χ1) is 4.79. The van der Waals surface area contributed by atoms with Crippen molar-refractivity contribution < 1.29 is 4.42 Å². The van der Waals surface area contributed by atoms with E-state index in [0.29, 0.717) is 0 Å². The van der Waals surface area contributed by atoms with Crippen molar-refractivity contribution in [3.8, 4) is 0 Å². The second-order valence-corrected chi connectivity index (χ2v) is 2.27. The largest absolute Gasteiger partial charge is 0.464 e. The molecule has 0 saturated carbocycles. The Bertz CT molecular complexity index is 317. The zero-order valence-electron chi connectivity index (χ0n) is 6.64. The summed E-state index contributed by atoms with van der Waals surface area (Å²) in [5.41, 5.74) is 2.18. The molecule has 0 aliphatic rings. The van der Waals surface area contributed by atoms with E-state index >= 15 is 0 Å². The molecule has 1 aromatic rings. The molecule has 0 N–H and O–H groups in total. The SMILES string of the molecule is C/C=c1/c(C)co/c1=C/C. The summed E-state index contributed by atoms with van der Waals surface area (Å²) < 4.78 is 5.25. The lowest BCUT2D eigenvalue weighted by molar-refractivity contribution is 0.529. The second kappa shape index (κ2) is 2.74. The van der Waals surface area contributed by atoms with Gasteiger partial charge in [-0.15, -0.1) is 0 Å². The van der Waals surface area contributed by atoms with Crippen LogP contribution in [0.5, 0.6) is 0 Å². The number of aryl methyl sites for hydroxylation is 1. The summed E-state index contributed by atoms with van der Waals surface area (Å²) in [5, 5.41) is 1.21. The summed E-state index contributed by atoms with van der Waals surface area (Å²) in [7, 11) is 0.